The van der Waals surface area contributed by atoms with Crippen molar-refractivity contribution in [3.63, 3.8) is 0 Å². The number of hydrogen-bond acceptors (Lipinski definition) is 6. The molecule has 0 saturated heterocycles. The fraction of sp³-hybridized carbons (Fsp3) is 0.240. The number of aromatic nitrogens is 3. The minimum absolute atomic E-state index is 0.207. The van der Waals surface area contributed by atoms with Crippen molar-refractivity contribution in [2.75, 3.05) is 5.32 Å². The number of aromatic amines is 1. The average molecular weight is 462 g/mol. The first-order valence-corrected chi connectivity index (χ1v) is 11.4. The molecule has 1 saturated carbocycles. The Morgan fingerprint density at radius 3 is 2.58 bits per heavy atom. The van der Waals surface area contributed by atoms with Crippen LogP contribution in [0.25, 0.3) is 11.0 Å². The summed E-state index contributed by atoms with van der Waals surface area (Å²) in [7, 11) is 0. The molecule has 7 nitrogen and oxygen atoms in total. The maximum Gasteiger partial charge on any atom is 0.196 e. The van der Waals surface area contributed by atoms with E-state index in [1.54, 1.807) is 24.4 Å². The zero-order chi connectivity index (χ0) is 22.8. The van der Waals surface area contributed by atoms with E-state index >= 15 is 0 Å². The number of nitrogens with two attached hydrogens (primary N) is 1. The SMILES string of the molecule is NC1CCC(Nc2ncnc3[nH]cc(C(=O)c4ccc(Oc5ccccc5)cc4Cl)c23)CC1. The Morgan fingerprint density at radius 2 is 1.82 bits per heavy atom. The first-order valence-electron chi connectivity index (χ1n) is 11.0. The van der Waals surface area contributed by atoms with Crippen LogP contribution < -0.4 is 15.8 Å². The van der Waals surface area contributed by atoms with E-state index in [0.717, 1.165) is 25.7 Å². The van der Waals surface area contributed by atoms with Gasteiger partial charge in [0.25, 0.3) is 0 Å². The van der Waals surface area contributed by atoms with Crippen LogP contribution in [0.3, 0.4) is 0 Å². The van der Waals surface area contributed by atoms with Gasteiger partial charge in [-0.05, 0) is 49.9 Å². The zero-order valence-corrected chi connectivity index (χ0v) is 18.7. The molecule has 2 heterocycles. The Hall–Kier alpha value is -3.42. The van der Waals surface area contributed by atoms with Gasteiger partial charge in [0.2, 0.25) is 0 Å². The van der Waals surface area contributed by atoms with Crippen molar-refractivity contribution in [2.24, 2.45) is 5.73 Å². The Morgan fingerprint density at radius 1 is 1.03 bits per heavy atom. The van der Waals surface area contributed by atoms with Gasteiger partial charge in [-0.25, -0.2) is 9.97 Å². The molecule has 2 aromatic heterocycles. The van der Waals surface area contributed by atoms with Crippen molar-refractivity contribution in [3.05, 3.63) is 77.2 Å². The van der Waals surface area contributed by atoms with Gasteiger partial charge in [-0.2, -0.15) is 0 Å². The minimum Gasteiger partial charge on any atom is -0.457 e. The van der Waals surface area contributed by atoms with Crippen LogP contribution in [0, 0.1) is 0 Å². The number of anilines is 1. The summed E-state index contributed by atoms with van der Waals surface area (Å²) in [5.74, 6) is 1.69. The first-order chi connectivity index (χ1) is 16.1. The molecule has 2 aromatic carbocycles. The summed E-state index contributed by atoms with van der Waals surface area (Å²) >= 11 is 6.50. The largest absolute Gasteiger partial charge is 0.457 e. The molecule has 0 unspecified atom stereocenters. The van der Waals surface area contributed by atoms with Crippen LogP contribution in [-0.2, 0) is 0 Å². The molecule has 0 aliphatic heterocycles. The van der Waals surface area contributed by atoms with Crippen LogP contribution in [0.2, 0.25) is 5.02 Å². The van der Waals surface area contributed by atoms with Crippen LogP contribution in [-0.4, -0.2) is 32.8 Å². The number of nitrogens with one attached hydrogen (secondary N) is 2. The van der Waals surface area contributed by atoms with Gasteiger partial charge in [0.05, 0.1) is 16.0 Å². The van der Waals surface area contributed by atoms with E-state index in [-0.39, 0.29) is 17.9 Å². The van der Waals surface area contributed by atoms with Crippen molar-refractivity contribution in [2.45, 2.75) is 37.8 Å². The summed E-state index contributed by atoms with van der Waals surface area (Å²) in [6.45, 7) is 0. The van der Waals surface area contributed by atoms with E-state index in [1.165, 1.54) is 6.33 Å². The van der Waals surface area contributed by atoms with Crippen LogP contribution >= 0.6 is 11.6 Å². The van der Waals surface area contributed by atoms with Crippen LogP contribution in [0.1, 0.15) is 41.6 Å². The summed E-state index contributed by atoms with van der Waals surface area (Å²) in [5.41, 5.74) is 7.49. The predicted molar refractivity (Wildman–Crippen MR) is 129 cm³/mol. The van der Waals surface area contributed by atoms with Gasteiger partial charge in [-0.1, -0.05) is 29.8 Å². The minimum atomic E-state index is -0.207. The fourth-order valence-corrected chi connectivity index (χ4v) is 4.48. The predicted octanol–water partition coefficient (Wildman–Crippen LogP) is 5.32. The lowest BCUT2D eigenvalue weighted by molar-refractivity contribution is 0.104. The number of benzene rings is 2. The number of rotatable bonds is 6. The first kappa shape index (κ1) is 21.4. The highest BCUT2D eigenvalue weighted by Crippen LogP contribution is 2.32. The van der Waals surface area contributed by atoms with Crippen molar-refractivity contribution in [1.82, 2.24) is 15.0 Å². The fourth-order valence-electron chi connectivity index (χ4n) is 4.22. The third kappa shape index (κ3) is 4.55. The van der Waals surface area contributed by atoms with Crippen molar-refractivity contribution >= 4 is 34.2 Å². The van der Waals surface area contributed by atoms with E-state index in [2.05, 4.69) is 20.3 Å². The number of carbonyl (C=O) groups excluding carboxylic acids is 1. The van der Waals surface area contributed by atoms with E-state index in [4.69, 9.17) is 22.1 Å². The van der Waals surface area contributed by atoms with Gasteiger partial charge in [-0.15, -0.1) is 0 Å². The van der Waals surface area contributed by atoms with E-state index in [1.807, 2.05) is 30.3 Å². The highest BCUT2D eigenvalue weighted by Gasteiger charge is 2.24. The Kier molecular flexibility index (Phi) is 5.98. The third-order valence-corrected chi connectivity index (χ3v) is 6.30. The van der Waals surface area contributed by atoms with Crippen molar-refractivity contribution in [3.8, 4) is 11.5 Å². The number of H-pyrrole nitrogens is 1. The Labute approximate surface area is 196 Å². The molecule has 5 rings (SSSR count). The second-order valence-corrected chi connectivity index (χ2v) is 8.70. The van der Waals surface area contributed by atoms with E-state index in [9.17, 15) is 4.79 Å². The maximum absolute atomic E-state index is 13.5. The molecule has 0 atom stereocenters. The molecule has 4 N–H and O–H groups in total. The normalized spacial score (nSPS) is 18.2. The van der Waals surface area contributed by atoms with Gasteiger partial charge < -0.3 is 20.8 Å². The lowest BCUT2D eigenvalue weighted by atomic mass is 9.92. The molecule has 168 valence electrons. The summed E-state index contributed by atoms with van der Waals surface area (Å²) in [6, 6.07) is 15.0. The number of ketones is 1. The van der Waals surface area contributed by atoms with Gasteiger partial charge in [0, 0.05) is 29.9 Å². The van der Waals surface area contributed by atoms with Gasteiger partial charge in [-0.3, -0.25) is 4.79 Å². The van der Waals surface area contributed by atoms with Gasteiger partial charge in [0.15, 0.2) is 5.78 Å². The quantitative estimate of drug-likeness (QED) is 0.336. The lowest BCUT2D eigenvalue weighted by Crippen LogP contribution is -2.33. The molecule has 1 aliphatic rings. The number of nitrogens with zero attached hydrogens (tertiary/aromatic N) is 2. The summed E-state index contributed by atoms with van der Waals surface area (Å²) in [4.78, 5) is 25.3. The molecule has 0 amide bonds. The van der Waals surface area contributed by atoms with Crippen molar-refractivity contribution < 1.29 is 9.53 Å². The lowest BCUT2D eigenvalue weighted by Gasteiger charge is -2.27. The molecular weight excluding hydrogens is 438 g/mol. The zero-order valence-electron chi connectivity index (χ0n) is 17.9. The molecule has 33 heavy (non-hydrogen) atoms. The number of hydrogen-bond donors (Lipinski definition) is 3. The Balaban J connectivity index is 1.42. The smallest absolute Gasteiger partial charge is 0.196 e. The average Bonchev–Trinajstić information content (AvgIpc) is 3.26. The van der Waals surface area contributed by atoms with Gasteiger partial charge in [0.1, 0.15) is 29.3 Å². The van der Waals surface area contributed by atoms with Crippen LogP contribution in [0.4, 0.5) is 5.82 Å². The van der Waals surface area contributed by atoms with E-state index < -0.39 is 0 Å². The standard InChI is InChI=1S/C25H24ClN5O2/c26-21-12-18(33-17-4-2-1-3-5-17)10-11-19(21)23(32)20-13-28-24-22(20)25(30-14-29-24)31-16-8-6-15(27)7-9-16/h1-5,10-16H,6-9,27H2,(H2,28,29,30,31). The highest BCUT2D eigenvalue weighted by molar-refractivity contribution is 6.35. The second-order valence-electron chi connectivity index (χ2n) is 8.29. The van der Waals surface area contributed by atoms with Gasteiger partial charge >= 0.3 is 0 Å². The molecule has 4 aromatic rings. The monoisotopic (exact) mass is 461 g/mol. The molecule has 1 fully saturated rings. The molecule has 0 spiro atoms. The number of carbonyl (C=O) groups is 1. The summed E-state index contributed by atoms with van der Waals surface area (Å²) in [6.07, 6.45) is 7.03. The molecule has 1 aliphatic carbocycles. The second kappa shape index (κ2) is 9.21. The number of halogens is 1. The van der Waals surface area contributed by atoms with E-state index in [0.29, 0.717) is 44.5 Å². The van der Waals surface area contributed by atoms with Crippen molar-refractivity contribution in [1.29, 1.82) is 0 Å². The van der Waals surface area contributed by atoms with Crippen LogP contribution in [0.5, 0.6) is 11.5 Å². The Bertz CT molecular complexity index is 1280. The topological polar surface area (TPSA) is 106 Å². The highest BCUT2D eigenvalue weighted by atomic mass is 35.5. The molecule has 0 radical (unpaired) electrons. The number of para-hydroxylation sites is 1. The van der Waals surface area contributed by atoms with Crippen LogP contribution in [0.15, 0.2) is 61.1 Å². The third-order valence-electron chi connectivity index (χ3n) is 5.99. The number of fused-ring (bicyclic) bond motifs is 1. The maximum atomic E-state index is 13.5. The molecule has 8 heteroatoms. The number of ether oxygens (including phenoxy) is 1. The summed E-state index contributed by atoms with van der Waals surface area (Å²) in [5, 5.41) is 4.48. The summed E-state index contributed by atoms with van der Waals surface area (Å²) < 4.78 is 5.83. The molecule has 0 bridgehead atoms. The molecular formula is C25H24ClN5O2.